The minimum Gasteiger partial charge on any atom is -0.475 e. The quantitative estimate of drug-likeness (QED) is 0.662. The molecule has 5 nitrogen and oxygen atoms in total. The Morgan fingerprint density at radius 3 is 2.83 bits per heavy atom. The van der Waals surface area contributed by atoms with Crippen LogP contribution in [-0.4, -0.2) is 30.3 Å². The number of furan rings is 1. The van der Waals surface area contributed by atoms with Gasteiger partial charge in [-0.1, -0.05) is 0 Å². The van der Waals surface area contributed by atoms with Gasteiger partial charge in [0.25, 0.3) is 0 Å². The van der Waals surface area contributed by atoms with Crippen LogP contribution >= 0.6 is 0 Å². The van der Waals surface area contributed by atoms with Gasteiger partial charge in [-0.2, -0.15) is 0 Å². The second-order valence-corrected chi connectivity index (χ2v) is 4.37. The highest BCUT2D eigenvalue weighted by atomic mass is 16.5. The van der Waals surface area contributed by atoms with Crippen LogP contribution in [0.4, 0.5) is 0 Å². The van der Waals surface area contributed by atoms with Gasteiger partial charge in [0.05, 0.1) is 12.6 Å². The van der Waals surface area contributed by atoms with Crippen LogP contribution in [-0.2, 0) is 11.3 Å². The molecule has 0 aliphatic rings. The highest BCUT2D eigenvalue weighted by Crippen LogP contribution is 2.07. The van der Waals surface area contributed by atoms with Crippen molar-refractivity contribution in [2.75, 3.05) is 13.2 Å². The van der Waals surface area contributed by atoms with E-state index in [1.807, 2.05) is 13.8 Å². The molecule has 1 rings (SSSR count). The van der Waals surface area contributed by atoms with Crippen LogP contribution in [0, 0.1) is 0 Å². The summed E-state index contributed by atoms with van der Waals surface area (Å²) < 4.78 is 10.5. The van der Waals surface area contributed by atoms with Crippen LogP contribution in [0.2, 0.25) is 0 Å². The van der Waals surface area contributed by atoms with Gasteiger partial charge >= 0.3 is 5.97 Å². The Morgan fingerprint density at radius 1 is 1.44 bits per heavy atom. The third kappa shape index (κ3) is 5.84. The molecule has 18 heavy (non-hydrogen) atoms. The SMILES string of the molecule is CC(C)OCCCCNCc1ccc(C(=O)O)o1. The number of carboxylic acid groups (broad SMARTS) is 1. The van der Waals surface area contributed by atoms with Crippen LogP contribution in [0.3, 0.4) is 0 Å². The molecule has 0 fully saturated rings. The van der Waals surface area contributed by atoms with Gasteiger partial charge < -0.3 is 19.6 Å². The van der Waals surface area contributed by atoms with Gasteiger partial charge in [0, 0.05) is 6.61 Å². The summed E-state index contributed by atoms with van der Waals surface area (Å²) in [5.74, 6) is -0.407. The molecule has 0 unspecified atom stereocenters. The molecule has 0 aliphatic carbocycles. The van der Waals surface area contributed by atoms with E-state index >= 15 is 0 Å². The molecule has 5 heteroatoms. The van der Waals surface area contributed by atoms with Crippen molar-refractivity contribution in [1.82, 2.24) is 5.32 Å². The summed E-state index contributed by atoms with van der Waals surface area (Å²) in [6.07, 6.45) is 2.33. The predicted octanol–water partition coefficient (Wildman–Crippen LogP) is 2.27. The largest absolute Gasteiger partial charge is 0.475 e. The summed E-state index contributed by atoms with van der Waals surface area (Å²) in [5.41, 5.74) is 0. The minimum absolute atomic E-state index is 0.0165. The van der Waals surface area contributed by atoms with Crippen LogP contribution in [0.1, 0.15) is 43.0 Å². The number of rotatable bonds is 9. The second-order valence-electron chi connectivity index (χ2n) is 4.37. The lowest BCUT2D eigenvalue weighted by atomic mass is 10.3. The van der Waals surface area contributed by atoms with Crippen molar-refractivity contribution in [3.63, 3.8) is 0 Å². The number of carbonyl (C=O) groups is 1. The molecule has 1 heterocycles. The lowest BCUT2D eigenvalue weighted by Crippen LogP contribution is -2.15. The van der Waals surface area contributed by atoms with E-state index in [0.29, 0.717) is 12.3 Å². The molecule has 0 saturated heterocycles. The van der Waals surface area contributed by atoms with Gasteiger partial charge in [-0.25, -0.2) is 4.79 Å². The lowest BCUT2D eigenvalue weighted by molar-refractivity contribution is 0.0659. The third-order valence-electron chi connectivity index (χ3n) is 2.37. The second kappa shape index (κ2) is 7.89. The van der Waals surface area contributed by atoms with Gasteiger partial charge in [-0.3, -0.25) is 0 Å². The van der Waals surface area contributed by atoms with E-state index in [1.165, 1.54) is 6.07 Å². The first-order chi connectivity index (χ1) is 8.59. The summed E-state index contributed by atoms with van der Waals surface area (Å²) in [4.78, 5) is 10.6. The molecule has 2 N–H and O–H groups in total. The van der Waals surface area contributed by atoms with E-state index in [-0.39, 0.29) is 11.9 Å². The molecule has 0 radical (unpaired) electrons. The van der Waals surface area contributed by atoms with E-state index in [9.17, 15) is 4.79 Å². The van der Waals surface area contributed by atoms with Gasteiger partial charge in [0.15, 0.2) is 0 Å². The summed E-state index contributed by atoms with van der Waals surface area (Å²) >= 11 is 0. The average molecular weight is 255 g/mol. The van der Waals surface area contributed by atoms with Crippen molar-refractivity contribution in [1.29, 1.82) is 0 Å². The number of hydrogen-bond acceptors (Lipinski definition) is 4. The average Bonchev–Trinajstić information content (AvgIpc) is 2.76. The Kier molecular flexibility index (Phi) is 6.46. The Bertz CT molecular complexity index is 360. The first-order valence-corrected chi connectivity index (χ1v) is 6.24. The topological polar surface area (TPSA) is 71.7 Å². The zero-order chi connectivity index (χ0) is 13.4. The van der Waals surface area contributed by atoms with E-state index in [0.717, 1.165) is 26.0 Å². The lowest BCUT2D eigenvalue weighted by Gasteiger charge is -2.07. The maximum absolute atomic E-state index is 10.6. The van der Waals surface area contributed by atoms with E-state index in [4.69, 9.17) is 14.3 Å². The fourth-order valence-corrected chi connectivity index (χ4v) is 1.47. The molecule has 102 valence electrons. The zero-order valence-corrected chi connectivity index (χ0v) is 10.9. The van der Waals surface area contributed by atoms with Crippen LogP contribution < -0.4 is 5.32 Å². The maximum atomic E-state index is 10.6. The molecule has 0 spiro atoms. The Hall–Kier alpha value is -1.33. The molecule has 0 amide bonds. The maximum Gasteiger partial charge on any atom is 0.371 e. The monoisotopic (exact) mass is 255 g/mol. The number of carboxylic acids is 1. The number of nitrogens with one attached hydrogen (secondary N) is 1. The smallest absolute Gasteiger partial charge is 0.371 e. The fourth-order valence-electron chi connectivity index (χ4n) is 1.47. The van der Waals surface area contributed by atoms with Crippen LogP contribution in [0.5, 0.6) is 0 Å². The van der Waals surface area contributed by atoms with Crippen molar-refractivity contribution in [3.05, 3.63) is 23.7 Å². The molecule has 1 aromatic heterocycles. The van der Waals surface area contributed by atoms with Crippen molar-refractivity contribution in [2.24, 2.45) is 0 Å². The van der Waals surface area contributed by atoms with Gasteiger partial charge in [0.1, 0.15) is 5.76 Å². The summed E-state index contributed by atoms with van der Waals surface area (Å²) in [6.45, 7) is 6.25. The number of unbranched alkanes of at least 4 members (excludes halogenated alkanes) is 1. The Labute approximate surface area is 107 Å². The van der Waals surface area contributed by atoms with E-state index in [1.54, 1.807) is 6.07 Å². The highest BCUT2D eigenvalue weighted by Gasteiger charge is 2.07. The standard InChI is InChI=1S/C13H21NO4/c1-10(2)17-8-4-3-7-14-9-11-5-6-12(18-11)13(15)16/h5-6,10,14H,3-4,7-9H2,1-2H3,(H,15,16). The van der Waals surface area contributed by atoms with Crippen molar-refractivity contribution < 1.29 is 19.1 Å². The van der Waals surface area contributed by atoms with Crippen molar-refractivity contribution in [3.8, 4) is 0 Å². The van der Waals surface area contributed by atoms with Crippen molar-refractivity contribution >= 4 is 5.97 Å². The van der Waals surface area contributed by atoms with E-state index < -0.39 is 5.97 Å². The Morgan fingerprint density at radius 2 is 2.22 bits per heavy atom. The van der Waals surface area contributed by atoms with Crippen LogP contribution in [0.25, 0.3) is 0 Å². The summed E-state index contributed by atoms with van der Waals surface area (Å²) in [5, 5.41) is 11.9. The predicted molar refractivity (Wildman–Crippen MR) is 67.7 cm³/mol. The van der Waals surface area contributed by atoms with Gasteiger partial charge in [-0.15, -0.1) is 0 Å². The summed E-state index contributed by atoms with van der Waals surface area (Å²) in [7, 11) is 0. The normalized spacial score (nSPS) is 11.1. The first kappa shape index (κ1) is 14.7. The van der Waals surface area contributed by atoms with Crippen LogP contribution in [0.15, 0.2) is 16.5 Å². The molecule has 1 aromatic rings. The third-order valence-corrected chi connectivity index (χ3v) is 2.37. The van der Waals surface area contributed by atoms with Gasteiger partial charge in [-0.05, 0) is 45.4 Å². The zero-order valence-electron chi connectivity index (χ0n) is 10.9. The van der Waals surface area contributed by atoms with Crippen molar-refractivity contribution in [2.45, 2.75) is 39.3 Å². The molecule has 0 aliphatic heterocycles. The number of ether oxygens (including phenoxy) is 1. The number of hydrogen-bond donors (Lipinski definition) is 2. The van der Waals surface area contributed by atoms with E-state index in [2.05, 4.69) is 5.32 Å². The highest BCUT2D eigenvalue weighted by molar-refractivity contribution is 5.84. The fraction of sp³-hybridized carbons (Fsp3) is 0.615. The molecule has 0 bridgehead atoms. The Balaban J connectivity index is 2.05. The molecule has 0 aromatic carbocycles. The summed E-state index contributed by atoms with van der Waals surface area (Å²) in [6, 6.07) is 3.15. The minimum atomic E-state index is -1.04. The molecular formula is C13H21NO4. The molecule has 0 saturated carbocycles. The first-order valence-electron chi connectivity index (χ1n) is 6.24. The number of aromatic carboxylic acids is 1. The molecule has 0 atom stereocenters. The van der Waals surface area contributed by atoms with Gasteiger partial charge in [0.2, 0.25) is 5.76 Å². The molecular weight excluding hydrogens is 234 g/mol.